The van der Waals surface area contributed by atoms with Gasteiger partial charge in [0.25, 0.3) is 0 Å². The van der Waals surface area contributed by atoms with Crippen molar-refractivity contribution in [3.63, 3.8) is 0 Å². The van der Waals surface area contributed by atoms with Crippen molar-refractivity contribution in [2.75, 3.05) is 57.8 Å². The molecule has 1 aromatic carbocycles. The van der Waals surface area contributed by atoms with Crippen LogP contribution in [0.4, 0.5) is 5.69 Å². The fraction of sp³-hybridized carbons (Fsp3) is 0.591. The van der Waals surface area contributed by atoms with E-state index in [2.05, 4.69) is 75.3 Å². The molecule has 5 nitrogen and oxygen atoms in total. The third kappa shape index (κ3) is 6.11. The fourth-order valence-corrected chi connectivity index (χ4v) is 4.09. The highest BCUT2D eigenvalue weighted by molar-refractivity contribution is 14.0. The molecule has 1 aromatic rings. The molecule has 0 saturated carbocycles. The maximum absolute atomic E-state index is 4.54. The Balaban J connectivity index is 0.00000280. The zero-order valence-corrected chi connectivity index (χ0v) is 19.9. The molecule has 0 aliphatic carbocycles. The van der Waals surface area contributed by atoms with Gasteiger partial charge in [-0.05, 0) is 43.1 Å². The lowest BCUT2D eigenvalue weighted by Crippen LogP contribution is -2.40. The van der Waals surface area contributed by atoms with Crippen molar-refractivity contribution in [1.82, 2.24) is 15.1 Å². The molecule has 156 valence electrons. The van der Waals surface area contributed by atoms with E-state index < -0.39 is 0 Å². The molecule has 1 N–H and O–H groups in total. The summed E-state index contributed by atoms with van der Waals surface area (Å²) in [6, 6.07) is 8.84. The Morgan fingerprint density at radius 1 is 1.21 bits per heavy atom. The van der Waals surface area contributed by atoms with E-state index in [0.29, 0.717) is 0 Å². The molecule has 1 unspecified atom stereocenters. The van der Waals surface area contributed by atoms with Crippen LogP contribution < -0.4 is 10.2 Å². The molecule has 2 heterocycles. The predicted molar refractivity (Wildman–Crippen MR) is 131 cm³/mol. The standard InChI is InChI=1S/C22H35N5.HI/c1-4-25(5-2)17-20-11-14-27(18-20)22(23-3)24-16-19-9-8-10-21(15-19)26-12-6-7-13-26;/h6-10,15,20H,4-5,11-14,16-18H2,1-3H3,(H,23,24);1H. The molecular formula is C22H36IN5. The molecule has 0 spiro atoms. The highest BCUT2D eigenvalue weighted by Gasteiger charge is 2.25. The van der Waals surface area contributed by atoms with Gasteiger partial charge >= 0.3 is 0 Å². The number of anilines is 1. The van der Waals surface area contributed by atoms with Crippen molar-refractivity contribution in [3.8, 4) is 0 Å². The highest BCUT2D eigenvalue weighted by atomic mass is 127. The number of likely N-dealkylation sites (tertiary alicyclic amines) is 1. The maximum Gasteiger partial charge on any atom is 0.193 e. The Morgan fingerprint density at radius 3 is 2.64 bits per heavy atom. The molecule has 28 heavy (non-hydrogen) atoms. The van der Waals surface area contributed by atoms with Crippen LogP contribution in [0.2, 0.25) is 0 Å². The third-order valence-electron chi connectivity index (χ3n) is 5.75. The van der Waals surface area contributed by atoms with E-state index in [-0.39, 0.29) is 24.0 Å². The lowest BCUT2D eigenvalue weighted by Gasteiger charge is -2.24. The summed E-state index contributed by atoms with van der Waals surface area (Å²) in [5, 5.41) is 3.58. The van der Waals surface area contributed by atoms with Gasteiger partial charge in [0.15, 0.2) is 5.96 Å². The number of nitrogens with zero attached hydrogens (tertiary/aromatic N) is 4. The maximum atomic E-state index is 4.54. The first-order valence-corrected chi connectivity index (χ1v) is 10.4. The molecule has 0 radical (unpaired) electrons. The summed E-state index contributed by atoms with van der Waals surface area (Å²) in [5.41, 5.74) is 2.61. The van der Waals surface area contributed by atoms with Crippen molar-refractivity contribution in [2.45, 2.75) is 26.8 Å². The third-order valence-corrected chi connectivity index (χ3v) is 5.75. The van der Waals surface area contributed by atoms with E-state index in [0.717, 1.165) is 57.7 Å². The number of nitrogens with one attached hydrogen (secondary N) is 1. The topological polar surface area (TPSA) is 34.1 Å². The van der Waals surface area contributed by atoms with Gasteiger partial charge in [0.05, 0.1) is 0 Å². The van der Waals surface area contributed by atoms with Gasteiger partial charge in [-0.2, -0.15) is 0 Å². The van der Waals surface area contributed by atoms with Crippen LogP contribution in [0.5, 0.6) is 0 Å². The van der Waals surface area contributed by atoms with Crippen LogP contribution in [0.15, 0.2) is 41.4 Å². The van der Waals surface area contributed by atoms with Crippen LogP contribution in [0.1, 0.15) is 25.8 Å². The molecule has 6 heteroatoms. The van der Waals surface area contributed by atoms with Crippen molar-refractivity contribution in [3.05, 3.63) is 42.0 Å². The molecule has 0 bridgehead atoms. The molecule has 3 rings (SSSR count). The number of halogens is 1. The Bertz CT molecular complexity index is 648. The number of hydrogen-bond donors (Lipinski definition) is 1. The van der Waals surface area contributed by atoms with Crippen molar-refractivity contribution >= 4 is 35.6 Å². The number of benzene rings is 1. The summed E-state index contributed by atoms with van der Waals surface area (Å²) < 4.78 is 0. The zero-order chi connectivity index (χ0) is 19.1. The average molecular weight is 497 g/mol. The molecule has 1 atom stereocenters. The molecule has 1 saturated heterocycles. The van der Waals surface area contributed by atoms with Gasteiger partial charge in [-0.1, -0.05) is 38.1 Å². The Hall–Kier alpha value is -1.28. The number of aliphatic imine (C=N–C) groups is 1. The minimum atomic E-state index is 0. The van der Waals surface area contributed by atoms with Crippen LogP contribution in [0.25, 0.3) is 0 Å². The Labute approximate surface area is 187 Å². The van der Waals surface area contributed by atoms with Gasteiger partial charge in [-0.15, -0.1) is 24.0 Å². The largest absolute Gasteiger partial charge is 0.364 e. The first kappa shape index (κ1) is 23.0. The van der Waals surface area contributed by atoms with Gasteiger partial charge < -0.3 is 20.0 Å². The minimum absolute atomic E-state index is 0. The normalized spacial score (nSPS) is 19.4. The number of rotatable bonds is 7. The molecule has 1 fully saturated rings. The highest BCUT2D eigenvalue weighted by Crippen LogP contribution is 2.20. The Kier molecular flexibility index (Phi) is 9.58. The van der Waals surface area contributed by atoms with Crippen LogP contribution in [-0.4, -0.2) is 68.6 Å². The van der Waals surface area contributed by atoms with E-state index in [4.69, 9.17) is 0 Å². The lowest BCUT2D eigenvalue weighted by molar-refractivity contribution is 0.255. The zero-order valence-electron chi connectivity index (χ0n) is 17.6. The van der Waals surface area contributed by atoms with Crippen LogP contribution in [0.3, 0.4) is 0 Å². The fourth-order valence-electron chi connectivity index (χ4n) is 4.09. The summed E-state index contributed by atoms with van der Waals surface area (Å²) in [5.74, 6) is 1.78. The van der Waals surface area contributed by atoms with Crippen LogP contribution in [0, 0.1) is 5.92 Å². The van der Waals surface area contributed by atoms with Gasteiger partial charge in [-0.3, -0.25) is 4.99 Å². The summed E-state index contributed by atoms with van der Waals surface area (Å²) in [6.45, 7) is 13.0. The number of hydrogen-bond acceptors (Lipinski definition) is 3. The quantitative estimate of drug-likeness (QED) is 0.271. The van der Waals surface area contributed by atoms with E-state index in [9.17, 15) is 0 Å². The van der Waals surface area contributed by atoms with Crippen LogP contribution in [-0.2, 0) is 6.54 Å². The van der Waals surface area contributed by atoms with Gasteiger partial charge in [-0.25, -0.2) is 0 Å². The second-order valence-corrected chi connectivity index (χ2v) is 7.53. The van der Waals surface area contributed by atoms with Crippen molar-refractivity contribution in [1.29, 1.82) is 0 Å². The second-order valence-electron chi connectivity index (χ2n) is 7.53. The van der Waals surface area contributed by atoms with E-state index in [1.165, 1.54) is 24.2 Å². The smallest absolute Gasteiger partial charge is 0.193 e. The summed E-state index contributed by atoms with van der Waals surface area (Å²) >= 11 is 0. The molecule has 2 aliphatic rings. The lowest BCUT2D eigenvalue weighted by atomic mass is 10.1. The summed E-state index contributed by atoms with van der Waals surface area (Å²) in [4.78, 5) is 11.9. The van der Waals surface area contributed by atoms with Gasteiger partial charge in [0, 0.05) is 52.0 Å². The summed E-state index contributed by atoms with van der Waals surface area (Å²) in [6.07, 6.45) is 5.72. The molecule has 0 amide bonds. The first-order chi connectivity index (χ1) is 13.2. The van der Waals surface area contributed by atoms with Crippen molar-refractivity contribution in [2.24, 2.45) is 10.9 Å². The van der Waals surface area contributed by atoms with E-state index in [1.54, 1.807) is 0 Å². The minimum Gasteiger partial charge on any atom is -0.364 e. The van der Waals surface area contributed by atoms with Crippen LogP contribution >= 0.6 is 24.0 Å². The van der Waals surface area contributed by atoms with Gasteiger partial charge in [0.1, 0.15) is 0 Å². The molecular weight excluding hydrogens is 461 g/mol. The number of guanidine groups is 1. The molecule has 2 aliphatic heterocycles. The second kappa shape index (κ2) is 11.7. The monoisotopic (exact) mass is 497 g/mol. The van der Waals surface area contributed by atoms with Crippen molar-refractivity contribution < 1.29 is 0 Å². The van der Waals surface area contributed by atoms with E-state index in [1.807, 2.05) is 7.05 Å². The van der Waals surface area contributed by atoms with Gasteiger partial charge in [0.2, 0.25) is 0 Å². The summed E-state index contributed by atoms with van der Waals surface area (Å²) in [7, 11) is 1.90. The average Bonchev–Trinajstić information content (AvgIpc) is 3.39. The predicted octanol–water partition coefficient (Wildman–Crippen LogP) is 3.42. The SMILES string of the molecule is CCN(CC)CC1CCN(C(=NC)NCc2cccc(N3CC=CC3)c2)C1.I. The van der Waals surface area contributed by atoms with E-state index >= 15 is 0 Å². The Morgan fingerprint density at radius 2 is 1.96 bits per heavy atom. The first-order valence-electron chi connectivity index (χ1n) is 10.4. The molecule has 0 aromatic heterocycles.